The topological polar surface area (TPSA) is 611 Å². The standard InChI is InChI=1S/C79H108F3N19O19S2/c1-42(2)66(101-74(115)58(34-48-37-88-52-16-9-8-15-51(48)52)98-73(114)59(35-65(106)107)94-68(109)43(3)90-76(117)61(40-121)91-44(4)102)78(119)100-62(41-122)77(118)97-57(33-47-21-25-50(103)26-22-47)72(113)96-56(32-46-19-23-49(24-20-46)79(80,81)82)71(112)93-54(18-12-28-84)70(111)99-60(36-85)75(116)95-55(31-45-13-6-5-7-14-45)69(110)89-38-63(104)87-29-30-120-39-64(105)92-53(67(86)108)17-10-11-27-83/h5-9,13-16,19-26,37,42-43,53-62,66,88,103,121-122H,10-12,17-18,27-36,38-41,83-85H2,1-4H3,(H2,86,108)(H,87,104)(H,89,110)(H,90,117)(H,91,102)(H,92,105)(H,93,112)(H,94,109)(H,95,116)(H,96,113)(H,97,118)(H,98,114)(H,99,111)(H,100,119)(H,101,115)(H,106,107)/t43-,53+,54-,55-,56-,57-,58-,59-,60-,61-,62-,66-/m0/s1. The van der Waals surface area contributed by atoms with E-state index >= 15 is 4.79 Å². The van der Waals surface area contributed by atoms with E-state index in [1.165, 1.54) is 51.2 Å². The molecule has 0 saturated heterocycles. The molecule has 4 aromatic carbocycles. The lowest BCUT2D eigenvalue weighted by atomic mass is 9.99. The summed E-state index contributed by atoms with van der Waals surface area (Å²) in [6.45, 7) is 3.68. The average molecular weight is 1750 g/mol. The zero-order valence-corrected chi connectivity index (χ0v) is 69.3. The van der Waals surface area contributed by atoms with Crippen LogP contribution < -0.4 is 97.4 Å². The van der Waals surface area contributed by atoms with Crippen LogP contribution in [-0.2, 0) is 113 Å². The summed E-state index contributed by atoms with van der Waals surface area (Å²) in [4.78, 5) is 221. The quantitative estimate of drug-likeness (QED) is 0.0133. The van der Waals surface area contributed by atoms with Gasteiger partial charge in [-0.1, -0.05) is 86.6 Å². The van der Waals surface area contributed by atoms with Crippen LogP contribution in [0.1, 0.15) is 94.0 Å². The number of hydrogen-bond donors (Lipinski definition) is 23. The predicted octanol–water partition coefficient (Wildman–Crippen LogP) is -3.43. The van der Waals surface area contributed by atoms with Crippen molar-refractivity contribution in [3.05, 3.63) is 137 Å². The number of nitrogens with one attached hydrogen (secondary N) is 15. The number of ether oxygens (including phenoxy) is 1. The number of amides is 15. The number of fused-ring (bicyclic) bond motifs is 1. The molecule has 0 aliphatic heterocycles. The number of benzene rings is 4. The van der Waals surface area contributed by atoms with Gasteiger partial charge in [-0.3, -0.25) is 76.7 Å². The number of carboxylic acids is 1. The number of unbranched alkanes of at least 4 members (excludes halogenated alkanes) is 1. The first kappa shape index (κ1) is 101. The number of H-pyrrole nitrogens is 1. The van der Waals surface area contributed by atoms with Crippen molar-refractivity contribution in [1.82, 2.24) is 79.4 Å². The number of aromatic hydroxyl groups is 1. The van der Waals surface area contributed by atoms with Gasteiger partial charge in [-0.05, 0) is 111 Å². The lowest BCUT2D eigenvalue weighted by Gasteiger charge is -2.29. The molecule has 25 N–H and O–H groups in total. The van der Waals surface area contributed by atoms with Crippen LogP contribution in [0.3, 0.4) is 0 Å². The zero-order chi connectivity index (χ0) is 90.3. The summed E-state index contributed by atoms with van der Waals surface area (Å²) in [5.41, 5.74) is 23.7. The Kier molecular flexibility index (Phi) is 42.1. The van der Waals surface area contributed by atoms with Crippen molar-refractivity contribution in [1.29, 1.82) is 0 Å². The van der Waals surface area contributed by atoms with Gasteiger partial charge in [0.15, 0.2) is 0 Å². The van der Waals surface area contributed by atoms with E-state index < -0.39 is 229 Å². The molecule has 0 spiro atoms. The second-order valence-corrected chi connectivity index (χ2v) is 29.5. The van der Waals surface area contributed by atoms with Gasteiger partial charge in [-0.2, -0.15) is 38.4 Å². The van der Waals surface area contributed by atoms with Crippen molar-refractivity contribution in [3.63, 3.8) is 0 Å². The number of carbonyl (C=O) groups is 16. The molecule has 5 rings (SSSR count). The fourth-order valence-electron chi connectivity index (χ4n) is 12.1. The molecule has 1 aromatic heterocycles. The highest BCUT2D eigenvalue weighted by Gasteiger charge is 2.39. The Hall–Kier alpha value is -11.9. The number of thiol groups is 2. The minimum Gasteiger partial charge on any atom is -0.508 e. The van der Waals surface area contributed by atoms with Crippen LogP contribution in [0.5, 0.6) is 5.75 Å². The fraction of sp³-hybridized carbons (Fsp3) is 0.468. The molecule has 122 heavy (non-hydrogen) atoms. The van der Waals surface area contributed by atoms with Crippen LogP contribution in [0, 0.1) is 5.92 Å². The number of primary amides is 1. The van der Waals surface area contributed by atoms with Gasteiger partial charge in [0.2, 0.25) is 88.6 Å². The monoisotopic (exact) mass is 1750 g/mol. The second kappa shape index (κ2) is 51.0. The number of aromatic amines is 1. The summed E-state index contributed by atoms with van der Waals surface area (Å²) < 4.78 is 47.1. The van der Waals surface area contributed by atoms with E-state index in [-0.39, 0.29) is 74.4 Å². The Morgan fingerprint density at radius 3 is 1.49 bits per heavy atom. The number of nitrogens with two attached hydrogens (primary N) is 4. The fourth-order valence-corrected chi connectivity index (χ4v) is 12.6. The molecular weight excluding hydrogens is 1640 g/mol. The molecule has 666 valence electrons. The molecule has 15 amide bonds. The maximum atomic E-state index is 15.0. The van der Waals surface area contributed by atoms with Crippen molar-refractivity contribution in [2.75, 3.05) is 57.4 Å². The SMILES string of the molecule is CC(=O)N[C@@H](CS)C(=O)N[C@@H](C)C(=O)N[C@@H](CC(=O)O)C(=O)N[C@@H](Cc1c[nH]c2ccccc12)C(=O)N[C@H](C(=O)N[C@@H](CS)C(=O)N[C@@H](Cc1ccc(O)cc1)C(=O)N[C@@H](Cc1ccc(C(F)(F)F)cc1)C(=O)N[C@@H](CCCN)C(=O)N[C@@H](CN)C(=O)N[C@@H](Cc1ccccc1)C(=O)NCC(=O)NCCOCC(=O)N[C@H](CCCCN)C(N)=O)C(C)C. The molecule has 38 nitrogen and oxygen atoms in total. The van der Waals surface area contributed by atoms with Crippen LogP contribution in [-0.4, -0.2) is 240 Å². The molecule has 43 heteroatoms. The summed E-state index contributed by atoms with van der Waals surface area (Å²) in [7, 11) is 0. The van der Waals surface area contributed by atoms with Gasteiger partial charge in [0, 0.05) is 74.3 Å². The molecule has 12 atom stereocenters. The molecule has 0 bridgehead atoms. The minimum atomic E-state index is -4.82. The Labute approximate surface area is 711 Å². The van der Waals surface area contributed by atoms with Crippen molar-refractivity contribution >= 4 is 131 Å². The maximum absolute atomic E-state index is 15.0. The summed E-state index contributed by atoms with van der Waals surface area (Å²) in [5.74, 6) is -17.5. The summed E-state index contributed by atoms with van der Waals surface area (Å²) >= 11 is 8.40. The Morgan fingerprint density at radius 1 is 0.475 bits per heavy atom. The molecule has 1 heterocycles. The molecule has 0 aliphatic carbocycles. The largest absolute Gasteiger partial charge is 0.508 e. The third-order valence-electron chi connectivity index (χ3n) is 18.8. The third kappa shape index (κ3) is 34.3. The Bertz CT molecular complexity index is 4400. The van der Waals surface area contributed by atoms with Gasteiger partial charge < -0.3 is 117 Å². The molecule has 0 radical (unpaired) electrons. The summed E-state index contributed by atoms with van der Waals surface area (Å²) in [5, 5.41) is 55.4. The van der Waals surface area contributed by atoms with Crippen molar-refractivity contribution in [2.45, 2.75) is 171 Å². The van der Waals surface area contributed by atoms with Gasteiger partial charge in [0.25, 0.3) is 0 Å². The summed E-state index contributed by atoms with van der Waals surface area (Å²) in [6, 6.07) is 5.18. The van der Waals surface area contributed by atoms with Gasteiger partial charge in [0.05, 0.1) is 25.1 Å². The van der Waals surface area contributed by atoms with Crippen LogP contribution in [0.4, 0.5) is 13.2 Å². The smallest absolute Gasteiger partial charge is 0.416 e. The van der Waals surface area contributed by atoms with Crippen LogP contribution in [0.15, 0.2) is 109 Å². The van der Waals surface area contributed by atoms with Crippen molar-refractivity contribution < 1.29 is 105 Å². The van der Waals surface area contributed by atoms with E-state index in [0.29, 0.717) is 53.5 Å². The molecule has 0 saturated carbocycles. The number of phenols is 1. The van der Waals surface area contributed by atoms with Gasteiger partial charge in [0.1, 0.15) is 84.9 Å². The number of hydrogen-bond acceptors (Lipinski definition) is 23. The zero-order valence-electron chi connectivity index (χ0n) is 67.5. The number of carbonyl (C=O) groups excluding carboxylic acids is 15. The van der Waals surface area contributed by atoms with Gasteiger partial charge in [-0.15, -0.1) is 0 Å². The first-order valence-corrected chi connectivity index (χ1v) is 40.2. The van der Waals surface area contributed by atoms with Gasteiger partial charge >= 0.3 is 12.1 Å². The number of aliphatic carboxylic acids is 1. The van der Waals surface area contributed by atoms with Crippen LogP contribution >= 0.6 is 25.3 Å². The molecule has 0 unspecified atom stereocenters. The lowest BCUT2D eigenvalue weighted by Crippen LogP contribution is -2.62. The highest BCUT2D eigenvalue weighted by molar-refractivity contribution is 7.80. The van der Waals surface area contributed by atoms with Gasteiger partial charge in [-0.25, -0.2) is 0 Å². The number of alkyl halides is 3. The Balaban J connectivity index is 1.37. The van der Waals surface area contributed by atoms with E-state index in [9.17, 15) is 95.3 Å². The normalized spacial score (nSPS) is 14.2. The Morgan fingerprint density at radius 2 is 0.943 bits per heavy atom. The van der Waals surface area contributed by atoms with Crippen LogP contribution in [0.2, 0.25) is 0 Å². The second-order valence-electron chi connectivity index (χ2n) is 28.8. The van der Waals surface area contributed by atoms with E-state index in [1.54, 1.807) is 54.6 Å². The first-order chi connectivity index (χ1) is 57.9. The predicted molar refractivity (Wildman–Crippen MR) is 445 cm³/mol. The minimum absolute atomic E-state index is 0.0187. The molecule has 5 aromatic rings. The van der Waals surface area contributed by atoms with E-state index in [2.05, 4.69) is 105 Å². The van der Waals surface area contributed by atoms with Crippen molar-refractivity contribution in [3.8, 4) is 5.75 Å². The number of carboxylic acid groups (broad SMARTS) is 1. The average Bonchev–Trinajstić information content (AvgIpc) is 1.77. The highest BCUT2D eigenvalue weighted by Crippen LogP contribution is 2.29. The number of halogens is 3. The van der Waals surface area contributed by atoms with Crippen molar-refractivity contribution in [2.24, 2.45) is 28.9 Å². The molecule has 0 fully saturated rings. The number of rotatable bonds is 52. The number of aromatic nitrogens is 1. The lowest BCUT2D eigenvalue weighted by molar-refractivity contribution is -0.141. The van der Waals surface area contributed by atoms with E-state index in [1.807, 2.05) is 0 Å². The maximum Gasteiger partial charge on any atom is 0.416 e. The highest BCUT2D eigenvalue weighted by atomic mass is 32.1. The molecular formula is C79H108F3N19O19S2. The number of phenolic OH excluding ortho intramolecular Hbond substituents is 1. The first-order valence-electron chi connectivity index (χ1n) is 39.0. The van der Waals surface area contributed by atoms with Crippen LogP contribution in [0.25, 0.3) is 10.9 Å². The number of para-hydroxylation sites is 1. The van der Waals surface area contributed by atoms with E-state index in [4.69, 9.17) is 27.7 Å². The van der Waals surface area contributed by atoms with E-state index in [0.717, 1.165) is 19.1 Å². The molecule has 0 aliphatic rings. The summed E-state index contributed by atoms with van der Waals surface area (Å²) in [6.07, 6.45) is -4.68. The third-order valence-corrected chi connectivity index (χ3v) is 19.5.